The summed E-state index contributed by atoms with van der Waals surface area (Å²) >= 11 is 7.37. The van der Waals surface area contributed by atoms with Crippen molar-refractivity contribution in [1.29, 1.82) is 0 Å². The van der Waals surface area contributed by atoms with Gasteiger partial charge in [-0.1, -0.05) is 38.8 Å². The van der Waals surface area contributed by atoms with Crippen molar-refractivity contribution in [2.75, 3.05) is 6.61 Å². The van der Waals surface area contributed by atoms with Gasteiger partial charge in [-0.05, 0) is 23.8 Å². The van der Waals surface area contributed by atoms with Crippen molar-refractivity contribution in [2.24, 2.45) is 0 Å². The van der Waals surface area contributed by atoms with Crippen LogP contribution in [0.4, 0.5) is 0 Å². The van der Waals surface area contributed by atoms with Crippen LogP contribution >= 0.6 is 31.9 Å². The van der Waals surface area contributed by atoms with E-state index in [9.17, 15) is 0 Å². The Morgan fingerprint density at radius 1 is 1.32 bits per heavy atom. The van der Waals surface area contributed by atoms with Crippen LogP contribution < -0.4 is 4.74 Å². The van der Waals surface area contributed by atoms with Gasteiger partial charge in [0.2, 0.25) is 0 Å². The van der Waals surface area contributed by atoms with Crippen molar-refractivity contribution < 1.29 is 9.15 Å². The minimum atomic E-state index is 0.102. The molecule has 2 nitrogen and oxygen atoms in total. The molecule has 19 heavy (non-hydrogen) atoms. The Balaban J connectivity index is 2.07. The highest BCUT2D eigenvalue weighted by molar-refractivity contribution is 9.10. The number of benzene rings is 1. The molecule has 0 saturated heterocycles. The Hall–Kier alpha value is -0.740. The van der Waals surface area contributed by atoms with Crippen LogP contribution in [-0.2, 0) is 12.8 Å². The standard InChI is InChI=1S/C15H14Br2O2/c1-2-13-11(4-6-18-13)14(17)12-8-10(16)7-9-3-5-19-15(9)12/h4,6-8,14H,2-3,5H2,1H3. The third kappa shape index (κ3) is 2.36. The minimum absolute atomic E-state index is 0.102. The first-order chi connectivity index (χ1) is 9.20. The second-order valence-electron chi connectivity index (χ2n) is 4.60. The number of aryl methyl sites for hydroxylation is 1. The highest BCUT2D eigenvalue weighted by Crippen LogP contribution is 2.43. The summed E-state index contributed by atoms with van der Waals surface area (Å²) in [6.07, 6.45) is 3.62. The Morgan fingerprint density at radius 3 is 2.95 bits per heavy atom. The van der Waals surface area contributed by atoms with Crippen molar-refractivity contribution in [3.8, 4) is 5.75 Å². The third-order valence-electron chi connectivity index (χ3n) is 3.42. The lowest BCUT2D eigenvalue weighted by Gasteiger charge is -2.15. The Kier molecular flexibility index (Phi) is 3.72. The zero-order valence-electron chi connectivity index (χ0n) is 10.6. The largest absolute Gasteiger partial charge is 0.493 e. The second kappa shape index (κ2) is 5.33. The normalized spacial score (nSPS) is 15.1. The van der Waals surface area contributed by atoms with Gasteiger partial charge in [0.05, 0.1) is 17.7 Å². The summed E-state index contributed by atoms with van der Waals surface area (Å²) in [6, 6.07) is 6.29. The smallest absolute Gasteiger partial charge is 0.127 e. The molecule has 0 N–H and O–H groups in total. The summed E-state index contributed by atoms with van der Waals surface area (Å²) in [5.74, 6) is 2.04. The number of hydrogen-bond acceptors (Lipinski definition) is 2. The van der Waals surface area contributed by atoms with Gasteiger partial charge in [0, 0.05) is 28.4 Å². The quantitative estimate of drug-likeness (QED) is 0.691. The first-order valence-corrected chi connectivity index (χ1v) is 8.07. The predicted molar refractivity (Wildman–Crippen MR) is 82.2 cm³/mol. The van der Waals surface area contributed by atoms with Crippen molar-refractivity contribution in [1.82, 2.24) is 0 Å². The van der Waals surface area contributed by atoms with E-state index in [4.69, 9.17) is 9.15 Å². The Bertz CT molecular complexity index is 604. The maximum absolute atomic E-state index is 5.80. The summed E-state index contributed by atoms with van der Waals surface area (Å²) < 4.78 is 12.4. The second-order valence-corrected chi connectivity index (χ2v) is 6.43. The zero-order chi connectivity index (χ0) is 13.4. The van der Waals surface area contributed by atoms with Crippen LogP contribution in [0.15, 0.2) is 33.4 Å². The van der Waals surface area contributed by atoms with E-state index in [0.717, 1.165) is 41.0 Å². The number of rotatable bonds is 3. The SMILES string of the molecule is CCc1occc1C(Br)c1cc(Br)cc2c1OCC2. The monoisotopic (exact) mass is 384 g/mol. The van der Waals surface area contributed by atoms with Crippen LogP contribution in [0.1, 0.15) is 34.2 Å². The fourth-order valence-corrected chi connectivity index (χ4v) is 3.79. The first kappa shape index (κ1) is 13.3. The first-order valence-electron chi connectivity index (χ1n) is 6.36. The number of ether oxygens (including phenoxy) is 1. The lowest BCUT2D eigenvalue weighted by atomic mass is 10.0. The topological polar surface area (TPSA) is 22.4 Å². The number of furan rings is 1. The van der Waals surface area contributed by atoms with Crippen molar-refractivity contribution in [2.45, 2.75) is 24.6 Å². The molecule has 1 aliphatic heterocycles. The highest BCUT2D eigenvalue weighted by atomic mass is 79.9. The highest BCUT2D eigenvalue weighted by Gasteiger charge is 2.25. The molecule has 2 heterocycles. The lowest BCUT2D eigenvalue weighted by Crippen LogP contribution is -1.98. The zero-order valence-corrected chi connectivity index (χ0v) is 13.8. The Morgan fingerprint density at radius 2 is 2.16 bits per heavy atom. The molecule has 0 saturated carbocycles. The number of hydrogen-bond donors (Lipinski definition) is 0. The van der Waals surface area contributed by atoms with Gasteiger partial charge < -0.3 is 9.15 Å². The average molecular weight is 386 g/mol. The van der Waals surface area contributed by atoms with E-state index >= 15 is 0 Å². The molecule has 1 aromatic carbocycles. The van der Waals surface area contributed by atoms with E-state index in [1.54, 1.807) is 6.26 Å². The number of fused-ring (bicyclic) bond motifs is 1. The fraction of sp³-hybridized carbons (Fsp3) is 0.333. The Labute approximate surface area is 129 Å². The van der Waals surface area contributed by atoms with Crippen LogP contribution in [-0.4, -0.2) is 6.61 Å². The average Bonchev–Trinajstić information content (AvgIpc) is 3.04. The van der Waals surface area contributed by atoms with Gasteiger partial charge in [0.1, 0.15) is 11.5 Å². The van der Waals surface area contributed by atoms with E-state index in [2.05, 4.69) is 50.9 Å². The van der Waals surface area contributed by atoms with Crippen LogP contribution in [0.25, 0.3) is 0 Å². The summed E-state index contributed by atoms with van der Waals surface area (Å²) in [7, 11) is 0. The maximum Gasteiger partial charge on any atom is 0.127 e. The van der Waals surface area contributed by atoms with E-state index in [0.29, 0.717) is 0 Å². The minimum Gasteiger partial charge on any atom is -0.493 e. The van der Waals surface area contributed by atoms with Gasteiger partial charge >= 0.3 is 0 Å². The lowest BCUT2D eigenvalue weighted by molar-refractivity contribution is 0.354. The molecule has 0 radical (unpaired) electrons. The van der Waals surface area contributed by atoms with E-state index in [-0.39, 0.29) is 4.83 Å². The van der Waals surface area contributed by atoms with E-state index in [1.807, 2.05) is 6.07 Å². The van der Waals surface area contributed by atoms with Crippen molar-refractivity contribution >= 4 is 31.9 Å². The molecule has 1 atom stereocenters. The molecule has 2 aromatic rings. The van der Waals surface area contributed by atoms with Gasteiger partial charge in [0.25, 0.3) is 0 Å². The molecule has 100 valence electrons. The van der Waals surface area contributed by atoms with Gasteiger partial charge in [0.15, 0.2) is 0 Å². The molecule has 1 aliphatic rings. The van der Waals surface area contributed by atoms with E-state index in [1.165, 1.54) is 11.1 Å². The molecule has 1 aromatic heterocycles. The summed E-state index contributed by atoms with van der Waals surface area (Å²) in [6.45, 7) is 2.87. The van der Waals surface area contributed by atoms with Crippen LogP contribution in [0.3, 0.4) is 0 Å². The van der Waals surface area contributed by atoms with Gasteiger partial charge in [-0.25, -0.2) is 0 Å². The van der Waals surface area contributed by atoms with Crippen LogP contribution in [0, 0.1) is 0 Å². The van der Waals surface area contributed by atoms with Crippen molar-refractivity contribution in [3.63, 3.8) is 0 Å². The molecular weight excluding hydrogens is 372 g/mol. The molecule has 0 spiro atoms. The van der Waals surface area contributed by atoms with Gasteiger partial charge in [-0.2, -0.15) is 0 Å². The summed E-state index contributed by atoms with van der Waals surface area (Å²) in [5, 5.41) is 0. The summed E-state index contributed by atoms with van der Waals surface area (Å²) in [4.78, 5) is 0.102. The fourth-order valence-electron chi connectivity index (χ4n) is 2.52. The van der Waals surface area contributed by atoms with Gasteiger partial charge in [-0.3, -0.25) is 0 Å². The van der Waals surface area contributed by atoms with Crippen molar-refractivity contribution in [3.05, 3.63) is 51.4 Å². The van der Waals surface area contributed by atoms with Gasteiger partial charge in [-0.15, -0.1) is 0 Å². The molecule has 3 rings (SSSR count). The van der Waals surface area contributed by atoms with E-state index < -0.39 is 0 Å². The molecule has 4 heteroatoms. The molecule has 0 amide bonds. The third-order valence-corrected chi connectivity index (χ3v) is 4.87. The maximum atomic E-state index is 5.80. The molecular formula is C15H14Br2O2. The molecule has 1 unspecified atom stereocenters. The number of alkyl halides is 1. The molecule has 0 fully saturated rings. The number of halogens is 2. The van der Waals surface area contributed by atoms with Crippen LogP contribution in [0.2, 0.25) is 0 Å². The van der Waals surface area contributed by atoms with Crippen LogP contribution in [0.5, 0.6) is 5.75 Å². The predicted octanol–water partition coefficient (Wildman–Crippen LogP) is 5.02. The molecule has 0 aliphatic carbocycles. The molecule has 0 bridgehead atoms. The summed E-state index contributed by atoms with van der Waals surface area (Å²) in [5.41, 5.74) is 3.62.